The van der Waals surface area contributed by atoms with Gasteiger partial charge in [0.25, 0.3) is 0 Å². The topological polar surface area (TPSA) is 0 Å². The van der Waals surface area contributed by atoms with Gasteiger partial charge in [0.05, 0.1) is 0 Å². The molecule has 0 N–H and O–H groups in total. The van der Waals surface area contributed by atoms with Crippen LogP contribution in [0.4, 0.5) is 0 Å². The van der Waals surface area contributed by atoms with Crippen LogP contribution in [0.5, 0.6) is 0 Å². The first-order valence-electron chi connectivity index (χ1n) is 7.63. The molecule has 0 heterocycles. The summed E-state index contributed by atoms with van der Waals surface area (Å²) in [5.41, 5.74) is 6.77. The van der Waals surface area contributed by atoms with Crippen LogP contribution >= 0.6 is 0 Å². The first kappa shape index (κ1) is 16.5. The van der Waals surface area contributed by atoms with E-state index in [1.165, 1.54) is 27.8 Å². The van der Waals surface area contributed by atoms with Crippen molar-refractivity contribution in [1.29, 1.82) is 0 Å². The lowest BCUT2D eigenvalue weighted by Gasteiger charge is -2.14. The summed E-state index contributed by atoms with van der Waals surface area (Å²) in [5, 5.41) is 0. The van der Waals surface area contributed by atoms with E-state index < -0.39 is 0 Å². The number of allylic oxidation sites excluding steroid dienone is 6. The molecule has 0 saturated carbocycles. The molecule has 0 nitrogen and oxygen atoms in total. The molecule has 1 aromatic rings. The van der Waals surface area contributed by atoms with Crippen LogP contribution in [-0.2, 0) is 6.42 Å². The Labute approximate surface area is 124 Å². The van der Waals surface area contributed by atoms with Crippen molar-refractivity contribution in [3.8, 4) is 0 Å². The molecule has 20 heavy (non-hydrogen) atoms. The Balaban J connectivity index is 3.18. The quantitative estimate of drug-likeness (QED) is 0.558. The molecule has 0 aliphatic carbocycles. The largest absolute Gasteiger partial charge is 0.0844 e. The zero-order valence-electron chi connectivity index (χ0n) is 13.8. The van der Waals surface area contributed by atoms with Gasteiger partial charge in [0.15, 0.2) is 0 Å². The Hall–Kier alpha value is -1.56. The van der Waals surface area contributed by atoms with Crippen LogP contribution < -0.4 is 0 Å². The zero-order valence-corrected chi connectivity index (χ0v) is 13.8. The molecule has 0 aliphatic heterocycles. The van der Waals surface area contributed by atoms with E-state index in [0.717, 1.165) is 6.42 Å². The average Bonchev–Trinajstić information content (AvgIpc) is 2.47. The highest BCUT2D eigenvalue weighted by Crippen LogP contribution is 2.25. The number of hydrogen-bond donors (Lipinski definition) is 0. The fourth-order valence-electron chi connectivity index (χ4n) is 2.34. The van der Waals surface area contributed by atoms with Gasteiger partial charge < -0.3 is 0 Å². The third-order valence-corrected chi connectivity index (χ3v) is 3.83. The lowest BCUT2D eigenvalue weighted by molar-refractivity contribution is 0.777. The second kappa shape index (κ2) is 7.89. The van der Waals surface area contributed by atoms with E-state index >= 15 is 0 Å². The fraction of sp³-hybridized carbons (Fsp3) is 0.400. The number of rotatable bonds is 5. The predicted octanol–water partition coefficient (Wildman–Crippen LogP) is 6.20. The van der Waals surface area contributed by atoms with E-state index in [1.54, 1.807) is 0 Å². The molecule has 1 rings (SSSR count). The molecule has 0 amide bonds. The van der Waals surface area contributed by atoms with Crippen molar-refractivity contribution in [2.45, 2.75) is 48.0 Å². The van der Waals surface area contributed by atoms with Crippen molar-refractivity contribution in [2.24, 2.45) is 5.92 Å². The number of aryl methyl sites for hydroxylation is 1. The minimum absolute atomic E-state index is 0.538. The second-order valence-electron chi connectivity index (χ2n) is 5.52. The number of benzene rings is 1. The van der Waals surface area contributed by atoms with Gasteiger partial charge in [0.1, 0.15) is 0 Å². The van der Waals surface area contributed by atoms with Crippen molar-refractivity contribution in [1.82, 2.24) is 0 Å². The van der Waals surface area contributed by atoms with Crippen molar-refractivity contribution < 1.29 is 0 Å². The summed E-state index contributed by atoms with van der Waals surface area (Å²) < 4.78 is 0. The van der Waals surface area contributed by atoms with E-state index in [1.807, 2.05) is 0 Å². The maximum atomic E-state index is 2.33. The standard InChI is InChI=1S/C20H28/c1-7-16(6)20(15(4)5)14-18(9-3)19-12-10-17(8-2)11-13-19/h7,9-15H,8H2,1-6H3/b16-7-,18-9+,20-14+. The van der Waals surface area contributed by atoms with Crippen molar-refractivity contribution in [2.75, 3.05) is 0 Å². The van der Waals surface area contributed by atoms with Crippen LogP contribution in [0.2, 0.25) is 0 Å². The molecule has 108 valence electrons. The molecule has 0 aliphatic rings. The lowest BCUT2D eigenvalue weighted by atomic mass is 9.91. The highest BCUT2D eigenvalue weighted by molar-refractivity contribution is 5.75. The summed E-state index contributed by atoms with van der Waals surface area (Å²) in [7, 11) is 0. The van der Waals surface area contributed by atoms with Gasteiger partial charge in [-0.2, -0.15) is 0 Å². The molecule has 0 saturated heterocycles. The van der Waals surface area contributed by atoms with E-state index in [0.29, 0.717) is 5.92 Å². The normalized spacial score (nSPS) is 14.1. The van der Waals surface area contributed by atoms with Crippen LogP contribution in [0.1, 0.15) is 52.7 Å². The highest BCUT2D eigenvalue weighted by Gasteiger charge is 2.07. The van der Waals surface area contributed by atoms with Crippen LogP contribution in [-0.4, -0.2) is 0 Å². The van der Waals surface area contributed by atoms with Gasteiger partial charge in [-0.05, 0) is 55.4 Å². The van der Waals surface area contributed by atoms with Crippen LogP contribution in [0, 0.1) is 5.92 Å². The van der Waals surface area contributed by atoms with Gasteiger partial charge >= 0.3 is 0 Å². The predicted molar refractivity (Wildman–Crippen MR) is 91.8 cm³/mol. The summed E-state index contributed by atoms with van der Waals surface area (Å²) in [6.07, 6.45) is 7.82. The first-order valence-corrected chi connectivity index (χ1v) is 7.63. The molecular formula is C20H28. The SMILES string of the molecule is C\C=C(C)/C(=C/C(=C\C)c1ccc(CC)cc1)C(C)C. The summed E-state index contributed by atoms with van der Waals surface area (Å²) in [6, 6.07) is 8.91. The van der Waals surface area contributed by atoms with E-state index in [2.05, 4.69) is 84.0 Å². The first-order chi connectivity index (χ1) is 9.53. The smallest absolute Gasteiger partial charge is 0.0187 e. The van der Waals surface area contributed by atoms with Gasteiger partial charge in [-0.3, -0.25) is 0 Å². The van der Waals surface area contributed by atoms with Gasteiger partial charge in [0, 0.05) is 0 Å². The van der Waals surface area contributed by atoms with Crippen LogP contribution in [0.25, 0.3) is 5.57 Å². The Kier molecular flexibility index (Phi) is 6.51. The van der Waals surface area contributed by atoms with Crippen molar-refractivity contribution in [3.05, 3.63) is 64.8 Å². The van der Waals surface area contributed by atoms with Gasteiger partial charge in [-0.1, -0.05) is 68.8 Å². The van der Waals surface area contributed by atoms with Gasteiger partial charge in [-0.15, -0.1) is 0 Å². The van der Waals surface area contributed by atoms with Crippen LogP contribution in [0.3, 0.4) is 0 Å². The minimum Gasteiger partial charge on any atom is -0.0844 e. The third-order valence-electron chi connectivity index (χ3n) is 3.83. The molecule has 0 fully saturated rings. The van der Waals surface area contributed by atoms with E-state index in [4.69, 9.17) is 0 Å². The lowest BCUT2D eigenvalue weighted by Crippen LogP contribution is -1.97. The molecule has 0 bridgehead atoms. The Morgan fingerprint density at radius 2 is 1.65 bits per heavy atom. The minimum atomic E-state index is 0.538. The maximum Gasteiger partial charge on any atom is -0.0187 e. The molecule has 0 radical (unpaired) electrons. The third kappa shape index (κ3) is 4.23. The summed E-state index contributed by atoms with van der Waals surface area (Å²) in [5.74, 6) is 0.538. The Morgan fingerprint density at radius 1 is 1.05 bits per heavy atom. The highest BCUT2D eigenvalue weighted by atomic mass is 14.1. The molecule has 0 aromatic heterocycles. The molecule has 1 aromatic carbocycles. The van der Waals surface area contributed by atoms with Gasteiger partial charge in [-0.25, -0.2) is 0 Å². The molecule has 0 heteroatoms. The summed E-state index contributed by atoms with van der Waals surface area (Å²) >= 11 is 0. The summed E-state index contributed by atoms with van der Waals surface area (Å²) in [4.78, 5) is 0. The molecule has 0 spiro atoms. The molecule has 0 unspecified atom stereocenters. The van der Waals surface area contributed by atoms with E-state index in [-0.39, 0.29) is 0 Å². The molecule has 0 atom stereocenters. The van der Waals surface area contributed by atoms with Crippen molar-refractivity contribution in [3.63, 3.8) is 0 Å². The van der Waals surface area contributed by atoms with Crippen molar-refractivity contribution >= 4 is 5.57 Å². The molecular weight excluding hydrogens is 240 g/mol. The Morgan fingerprint density at radius 3 is 2.05 bits per heavy atom. The second-order valence-corrected chi connectivity index (χ2v) is 5.52. The zero-order chi connectivity index (χ0) is 15.1. The monoisotopic (exact) mass is 268 g/mol. The maximum absolute atomic E-state index is 2.33. The van der Waals surface area contributed by atoms with Gasteiger partial charge in [0.2, 0.25) is 0 Å². The average molecular weight is 268 g/mol. The Bertz CT molecular complexity index is 507. The fourth-order valence-corrected chi connectivity index (χ4v) is 2.34. The van der Waals surface area contributed by atoms with Crippen LogP contribution in [0.15, 0.2) is 53.6 Å². The number of hydrogen-bond acceptors (Lipinski definition) is 0. The summed E-state index contributed by atoms with van der Waals surface area (Å²) in [6.45, 7) is 13.1. The van der Waals surface area contributed by atoms with E-state index in [9.17, 15) is 0 Å².